The Morgan fingerprint density at radius 2 is 1.95 bits per heavy atom. The van der Waals surface area contributed by atoms with Gasteiger partial charge in [-0.15, -0.1) is 0 Å². The summed E-state index contributed by atoms with van der Waals surface area (Å²) in [4.78, 5) is 12.0. The maximum Gasteiger partial charge on any atom is 0.240 e. The molecule has 0 radical (unpaired) electrons. The van der Waals surface area contributed by atoms with Crippen LogP contribution in [0.2, 0.25) is 0 Å². The van der Waals surface area contributed by atoms with E-state index in [9.17, 15) is 4.79 Å². The molecule has 0 aromatic heterocycles. The van der Waals surface area contributed by atoms with Gasteiger partial charge in [-0.25, -0.2) is 0 Å². The Bertz CT molecular complexity index is 436. The second-order valence-electron chi connectivity index (χ2n) is 5.57. The molecule has 0 atom stereocenters. The van der Waals surface area contributed by atoms with Crippen LogP contribution in [0.15, 0.2) is 24.3 Å². The number of hydrogen-bond acceptors (Lipinski definition) is 3. The Morgan fingerprint density at radius 1 is 1.30 bits per heavy atom. The third-order valence-corrected chi connectivity index (χ3v) is 4.03. The predicted molar refractivity (Wildman–Crippen MR) is 79.7 cm³/mol. The molecule has 3 N–H and O–H groups in total. The zero-order valence-corrected chi connectivity index (χ0v) is 12.2. The SMILES string of the molecule is COc1ccc(CCCNC(=O)C2(N)CCCC2)cc1. The predicted octanol–water partition coefficient (Wildman–Crippen LogP) is 2.02. The van der Waals surface area contributed by atoms with Crippen LogP contribution in [0.25, 0.3) is 0 Å². The number of aryl methyl sites for hydroxylation is 1. The summed E-state index contributed by atoms with van der Waals surface area (Å²) in [5.41, 5.74) is 6.74. The van der Waals surface area contributed by atoms with E-state index in [4.69, 9.17) is 10.5 Å². The van der Waals surface area contributed by atoms with E-state index in [0.29, 0.717) is 6.54 Å². The third kappa shape index (κ3) is 3.73. The minimum Gasteiger partial charge on any atom is -0.497 e. The molecule has 0 saturated heterocycles. The van der Waals surface area contributed by atoms with Crippen LogP contribution in [-0.4, -0.2) is 25.1 Å². The van der Waals surface area contributed by atoms with Crippen molar-refractivity contribution in [3.05, 3.63) is 29.8 Å². The molecular weight excluding hydrogens is 252 g/mol. The van der Waals surface area contributed by atoms with Crippen LogP contribution in [0.3, 0.4) is 0 Å². The lowest BCUT2D eigenvalue weighted by Gasteiger charge is -2.22. The second kappa shape index (κ2) is 6.75. The number of methoxy groups -OCH3 is 1. The van der Waals surface area contributed by atoms with Gasteiger partial charge in [0.2, 0.25) is 5.91 Å². The van der Waals surface area contributed by atoms with E-state index in [0.717, 1.165) is 44.3 Å². The molecule has 1 aromatic rings. The lowest BCUT2D eigenvalue weighted by atomic mass is 9.98. The normalized spacial score (nSPS) is 16.9. The molecule has 0 bridgehead atoms. The number of ether oxygens (including phenoxy) is 1. The van der Waals surface area contributed by atoms with Gasteiger partial charge in [0.1, 0.15) is 5.75 Å². The molecule has 1 aliphatic rings. The number of carbonyl (C=O) groups excluding carboxylic acids is 1. The van der Waals surface area contributed by atoms with Crippen molar-refractivity contribution in [2.75, 3.05) is 13.7 Å². The van der Waals surface area contributed by atoms with Gasteiger partial charge in [-0.1, -0.05) is 25.0 Å². The highest BCUT2D eigenvalue weighted by atomic mass is 16.5. The Morgan fingerprint density at radius 3 is 2.55 bits per heavy atom. The van der Waals surface area contributed by atoms with Crippen molar-refractivity contribution >= 4 is 5.91 Å². The van der Waals surface area contributed by atoms with Crippen molar-refractivity contribution in [3.8, 4) is 5.75 Å². The Kier molecular flexibility index (Phi) is 5.01. The Hall–Kier alpha value is -1.55. The van der Waals surface area contributed by atoms with E-state index in [-0.39, 0.29) is 5.91 Å². The van der Waals surface area contributed by atoms with Crippen molar-refractivity contribution in [2.45, 2.75) is 44.1 Å². The number of rotatable bonds is 6. The molecule has 20 heavy (non-hydrogen) atoms. The van der Waals surface area contributed by atoms with Crippen molar-refractivity contribution in [3.63, 3.8) is 0 Å². The lowest BCUT2D eigenvalue weighted by molar-refractivity contribution is -0.126. The van der Waals surface area contributed by atoms with Gasteiger partial charge in [0.25, 0.3) is 0 Å². The van der Waals surface area contributed by atoms with Crippen LogP contribution in [0.4, 0.5) is 0 Å². The number of hydrogen-bond donors (Lipinski definition) is 2. The smallest absolute Gasteiger partial charge is 0.240 e. The first-order chi connectivity index (χ1) is 9.64. The van der Waals surface area contributed by atoms with E-state index in [1.54, 1.807) is 7.11 Å². The van der Waals surface area contributed by atoms with Gasteiger partial charge in [-0.3, -0.25) is 4.79 Å². The van der Waals surface area contributed by atoms with Crippen molar-refractivity contribution in [1.82, 2.24) is 5.32 Å². The summed E-state index contributed by atoms with van der Waals surface area (Å²) in [5.74, 6) is 0.887. The lowest BCUT2D eigenvalue weighted by Crippen LogP contribution is -2.52. The van der Waals surface area contributed by atoms with E-state index in [1.165, 1.54) is 5.56 Å². The van der Waals surface area contributed by atoms with E-state index >= 15 is 0 Å². The average Bonchev–Trinajstić information content (AvgIpc) is 2.92. The summed E-state index contributed by atoms with van der Waals surface area (Å²) in [6, 6.07) is 8.03. The summed E-state index contributed by atoms with van der Waals surface area (Å²) in [5, 5.41) is 2.97. The summed E-state index contributed by atoms with van der Waals surface area (Å²) in [6.45, 7) is 0.684. The van der Waals surface area contributed by atoms with Crippen molar-refractivity contribution in [2.24, 2.45) is 5.73 Å². The fourth-order valence-corrected chi connectivity index (χ4v) is 2.70. The third-order valence-electron chi connectivity index (χ3n) is 4.03. The van der Waals surface area contributed by atoms with E-state index < -0.39 is 5.54 Å². The molecule has 4 heteroatoms. The molecule has 1 aromatic carbocycles. The molecule has 0 heterocycles. The molecule has 1 aliphatic carbocycles. The van der Waals surface area contributed by atoms with Crippen LogP contribution >= 0.6 is 0 Å². The standard InChI is InChI=1S/C16H24N2O2/c1-20-14-8-6-13(7-9-14)5-4-12-18-15(19)16(17)10-2-3-11-16/h6-9H,2-5,10-12,17H2,1H3,(H,18,19). The number of amides is 1. The molecule has 1 saturated carbocycles. The number of benzene rings is 1. The number of carbonyl (C=O) groups is 1. The summed E-state index contributed by atoms with van der Waals surface area (Å²) in [7, 11) is 1.66. The quantitative estimate of drug-likeness (QED) is 0.781. The van der Waals surface area contributed by atoms with Crippen LogP contribution in [-0.2, 0) is 11.2 Å². The van der Waals surface area contributed by atoms with Crippen LogP contribution in [0.5, 0.6) is 5.75 Å². The molecule has 1 fully saturated rings. The number of nitrogens with one attached hydrogen (secondary N) is 1. The van der Waals surface area contributed by atoms with Crippen molar-refractivity contribution in [1.29, 1.82) is 0 Å². The minimum absolute atomic E-state index is 0.0183. The van der Waals surface area contributed by atoms with Gasteiger partial charge >= 0.3 is 0 Å². The van der Waals surface area contributed by atoms with E-state index in [2.05, 4.69) is 17.4 Å². The Labute approximate surface area is 120 Å². The molecular formula is C16H24N2O2. The summed E-state index contributed by atoms with van der Waals surface area (Å²) < 4.78 is 5.12. The highest BCUT2D eigenvalue weighted by molar-refractivity contribution is 5.86. The molecule has 0 spiro atoms. The first-order valence-corrected chi connectivity index (χ1v) is 7.34. The van der Waals surface area contributed by atoms with Gasteiger partial charge < -0.3 is 15.8 Å². The largest absolute Gasteiger partial charge is 0.497 e. The molecule has 0 aliphatic heterocycles. The summed E-state index contributed by atoms with van der Waals surface area (Å²) >= 11 is 0. The van der Waals surface area contributed by atoms with Crippen LogP contribution in [0.1, 0.15) is 37.7 Å². The maximum absolute atomic E-state index is 12.0. The molecule has 0 unspecified atom stereocenters. The first kappa shape index (κ1) is 14.9. The van der Waals surface area contributed by atoms with Gasteiger partial charge in [0.15, 0.2) is 0 Å². The van der Waals surface area contributed by atoms with Gasteiger partial charge in [-0.2, -0.15) is 0 Å². The first-order valence-electron chi connectivity index (χ1n) is 7.34. The topological polar surface area (TPSA) is 64.3 Å². The maximum atomic E-state index is 12.0. The van der Waals surface area contributed by atoms with Crippen LogP contribution < -0.4 is 15.8 Å². The monoisotopic (exact) mass is 276 g/mol. The van der Waals surface area contributed by atoms with E-state index in [1.807, 2.05) is 12.1 Å². The minimum atomic E-state index is -0.611. The van der Waals surface area contributed by atoms with Gasteiger partial charge in [0, 0.05) is 6.54 Å². The molecule has 110 valence electrons. The molecule has 4 nitrogen and oxygen atoms in total. The fraction of sp³-hybridized carbons (Fsp3) is 0.562. The molecule has 2 rings (SSSR count). The van der Waals surface area contributed by atoms with Gasteiger partial charge in [-0.05, 0) is 43.4 Å². The van der Waals surface area contributed by atoms with Crippen molar-refractivity contribution < 1.29 is 9.53 Å². The Balaban J connectivity index is 1.69. The number of nitrogens with two attached hydrogens (primary N) is 1. The molecule has 1 amide bonds. The second-order valence-corrected chi connectivity index (χ2v) is 5.57. The zero-order valence-electron chi connectivity index (χ0n) is 12.2. The highest BCUT2D eigenvalue weighted by Crippen LogP contribution is 2.27. The van der Waals surface area contributed by atoms with Crippen LogP contribution in [0, 0.1) is 0 Å². The van der Waals surface area contributed by atoms with Gasteiger partial charge in [0.05, 0.1) is 12.6 Å². The summed E-state index contributed by atoms with van der Waals surface area (Å²) in [6.07, 6.45) is 5.64. The zero-order chi connectivity index (χ0) is 14.4. The average molecular weight is 276 g/mol. The highest BCUT2D eigenvalue weighted by Gasteiger charge is 2.36. The fourth-order valence-electron chi connectivity index (χ4n) is 2.70.